The summed E-state index contributed by atoms with van der Waals surface area (Å²) in [7, 11) is 0. The van der Waals surface area contributed by atoms with Crippen LogP contribution in [0.25, 0.3) is 0 Å². The maximum atomic E-state index is 6.35. The van der Waals surface area contributed by atoms with Gasteiger partial charge in [0.25, 0.3) is 0 Å². The molecule has 0 amide bonds. The third-order valence-corrected chi connectivity index (χ3v) is 5.49. The van der Waals surface area contributed by atoms with Gasteiger partial charge in [0, 0.05) is 30.9 Å². The van der Waals surface area contributed by atoms with Crippen molar-refractivity contribution in [2.45, 2.75) is 50.9 Å². The molecule has 0 unspecified atom stereocenters. The summed E-state index contributed by atoms with van der Waals surface area (Å²) in [5, 5.41) is 1.07. The topological polar surface area (TPSA) is 38.2 Å². The average molecular weight is 315 g/mol. The third kappa shape index (κ3) is 2.52. The zero-order valence-corrected chi connectivity index (χ0v) is 13.6. The molecule has 2 saturated heterocycles. The molecule has 116 valence electrons. The van der Waals surface area contributed by atoms with Crippen molar-refractivity contribution in [3.63, 3.8) is 0 Å². The van der Waals surface area contributed by atoms with Crippen LogP contribution in [0.5, 0.6) is 0 Å². The predicted octanol–water partition coefficient (Wildman–Crippen LogP) is 3.60. The predicted molar refractivity (Wildman–Crippen MR) is 88.3 cm³/mol. The molecule has 4 nitrogen and oxygen atoms in total. The van der Waals surface area contributed by atoms with Crippen LogP contribution in [0, 0.1) is 0 Å². The highest BCUT2D eigenvalue weighted by atomic mass is 32.1. The first kappa shape index (κ1) is 14.2. The Labute approximate surface area is 135 Å². The number of hydrogen-bond donors (Lipinski definition) is 0. The van der Waals surface area contributed by atoms with Crippen LogP contribution in [-0.4, -0.2) is 28.0 Å². The summed E-state index contributed by atoms with van der Waals surface area (Å²) in [6.07, 6.45) is 4.83. The smallest absolute Gasteiger partial charge is 0.205 e. The number of aryl methyl sites for hydroxylation is 1. The monoisotopic (exact) mass is 315 g/mol. The summed E-state index contributed by atoms with van der Waals surface area (Å²) >= 11 is 1.54. The summed E-state index contributed by atoms with van der Waals surface area (Å²) in [4.78, 5) is 7.13. The average Bonchev–Trinajstić information content (AvgIpc) is 3.22. The van der Waals surface area contributed by atoms with Gasteiger partial charge in [-0.05, 0) is 18.4 Å². The Balaban J connectivity index is 1.56. The van der Waals surface area contributed by atoms with Gasteiger partial charge in [-0.25, -0.2) is 4.98 Å². The number of nitrogens with zero attached hydrogens (tertiary/aromatic N) is 3. The quantitative estimate of drug-likeness (QED) is 0.867. The number of piperidine rings is 1. The van der Waals surface area contributed by atoms with Crippen molar-refractivity contribution in [3.8, 4) is 0 Å². The molecule has 1 aromatic heterocycles. The summed E-state index contributed by atoms with van der Waals surface area (Å²) in [6.45, 7) is 3.18. The number of anilines is 1. The van der Waals surface area contributed by atoms with Gasteiger partial charge in [0.05, 0.1) is 18.2 Å². The molecule has 3 heterocycles. The lowest BCUT2D eigenvalue weighted by Gasteiger charge is -2.35. The van der Waals surface area contributed by atoms with Crippen molar-refractivity contribution in [3.05, 3.63) is 41.7 Å². The van der Waals surface area contributed by atoms with Crippen molar-refractivity contribution in [1.82, 2.24) is 9.36 Å². The molecular weight excluding hydrogens is 294 g/mol. The molecule has 2 aliphatic heterocycles. The van der Waals surface area contributed by atoms with Crippen molar-refractivity contribution in [1.29, 1.82) is 0 Å². The van der Waals surface area contributed by atoms with E-state index >= 15 is 0 Å². The SMILES string of the molecule is CCc1nsc(N2CCC[C@@H]3O[C@H](c4ccccc4)C[C@@H]32)n1. The van der Waals surface area contributed by atoms with E-state index in [9.17, 15) is 0 Å². The molecule has 5 heteroatoms. The Kier molecular flexibility index (Phi) is 3.84. The Bertz CT molecular complexity index is 630. The largest absolute Gasteiger partial charge is 0.368 e. The van der Waals surface area contributed by atoms with E-state index in [0.29, 0.717) is 12.1 Å². The second-order valence-electron chi connectivity index (χ2n) is 6.06. The van der Waals surface area contributed by atoms with Crippen molar-refractivity contribution >= 4 is 16.7 Å². The van der Waals surface area contributed by atoms with Crippen molar-refractivity contribution < 1.29 is 4.74 Å². The maximum absolute atomic E-state index is 6.35. The highest BCUT2D eigenvalue weighted by Gasteiger charge is 2.42. The van der Waals surface area contributed by atoms with Gasteiger partial charge in [0.2, 0.25) is 5.13 Å². The van der Waals surface area contributed by atoms with E-state index in [1.807, 2.05) is 0 Å². The van der Waals surface area contributed by atoms with E-state index in [1.54, 1.807) is 0 Å². The first-order valence-corrected chi connectivity index (χ1v) is 8.92. The molecule has 0 bridgehead atoms. The van der Waals surface area contributed by atoms with Crippen LogP contribution in [0.2, 0.25) is 0 Å². The van der Waals surface area contributed by atoms with Gasteiger partial charge in [0.15, 0.2) is 0 Å². The maximum Gasteiger partial charge on any atom is 0.205 e. The molecule has 22 heavy (non-hydrogen) atoms. The van der Waals surface area contributed by atoms with Gasteiger partial charge in [-0.2, -0.15) is 4.37 Å². The van der Waals surface area contributed by atoms with Crippen molar-refractivity contribution in [2.75, 3.05) is 11.4 Å². The lowest BCUT2D eigenvalue weighted by Crippen LogP contribution is -2.45. The Morgan fingerprint density at radius 2 is 2.18 bits per heavy atom. The van der Waals surface area contributed by atoms with E-state index in [1.165, 1.54) is 23.5 Å². The summed E-state index contributed by atoms with van der Waals surface area (Å²) in [6, 6.07) is 11.0. The second kappa shape index (κ2) is 5.97. The van der Waals surface area contributed by atoms with Crippen LogP contribution >= 0.6 is 11.5 Å². The molecule has 0 spiro atoms. The zero-order chi connectivity index (χ0) is 14.9. The third-order valence-electron chi connectivity index (χ3n) is 4.70. The standard InChI is InChI=1S/C17H21N3OS/c1-2-16-18-17(22-19-16)20-10-6-9-14-13(20)11-15(21-14)12-7-4-3-5-8-12/h3-5,7-8,13-15H,2,6,9-11H2,1H3/t13-,14-,15-/m0/s1. The fourth-order valence-electron chi connectivity index (χ4n) is 3.57. The molecule has 0 N–H and O–H groups in total. The molecule has 2 aromatic rings. The van der Waals surface area contributed by atoms with Gasteiger partial charge in [0.1, 0.15) is 5.82 Å². The van der Waals surface area contributed by atoms with Gasteiger partial charge in [-0.1, -0.05) is 37.3 Å². The minimum Gasteiger partial charge on any atom is -0.368 e. The van der Waals surface area contributed by atoms with Crippen LogP contribution < -0.4 is 4.90 Å². The van der Waals surface area contributed by atoms with E-state index in [0.717, 1.165) is 36.8 Å². The Morgan fingerprint density at radius 3 is 2.95 bits per heavy atom. The van der Waals surface area contributed by atoms with E-state index < -0.39 is 0 Å². The minimum atomic E-state index is 0.218. The number of benzene rings is 1. The summed E-state index contributed by atoms with van der Waals surface area (Å²) in [5.74, 6) is 0.959. The normalized spacial score (nSPS) is 27.9. The molecule has 0 aliphatic carbocycles. The molecule has 2 aliphatic rings. The lowest BCUT2D eigenvalue weighted by molar-refractivity contribution is 0.0300. The molecule has 0 saturated carbocycles. The lowest BCUT2D eigenvalue weighted by atomic mass is 9.96. The van der Waals surface area contributed by atoms with Crippen LogP contribution in [-0.2, 0) is 11.2 Å². The number of fused-ring (bicyclic) bond motifs is 1. The molecule has 4 rings (SSSR count). The summed E-state index contributed by atoms with van der Waals surface area (Å²) in [5.41, 5.74) is 1.29. The number of hydrogen-bond acceptors (Lipinski definition) is 5. The highest BCUT2D eigenvalue weighted by molar-refractivity contribution is 7.09. The van der Waals surface area contributed by atoms with Crippen molar-refractivity contribution in [2.24, 2.45) is 0 Å². The van der Waals surface area contributed by atoms with Crippen LogP contribution in [0.4, 0.5) is 5.13 Å². The fourth-order valence-corrected chi connectivity index (χ4v) is 4.40. The number of rotatable bonds is 3. The molecule has 3 atom stereocenters. The molecule has 2 fully saturated rings. The van der Waals surface area contributed by atoms with E-state index in [4.69, 9.17) is 4.74 Å². The number of ether oxygens (including phenoxy) is 1. The van der Waals surface area contributed by atoms with Gasteiger partial charge in [-0.15, -0.1) is 0 Å². The van der Waals surface area contributed by atoms with Gasteiger partial charge >= 0.3 is 0 Å². The van der Waals surface area contributed by atoms with Gasteiger partial charge in [-0.3, -0.25) is 0 Å². The first-order chi connectivity index (χ1) is 10.8. The molecule has 1 aromatic carbocycles. The van der Waals surface area contributed by atoms with Crippen LogP contribution in [0.3, 0.4) is 0 Å². The Morgan fingerprint density at radius 1 is 1.32 bits per heavy atom. The minimum absolute atomic E-state index is 0.218. The van der Waals surface area contributed by atoms with E-state index in [-0.39, 0.29) is 6.10 Å². The van der Waals surface area contributed by atoms with Gasteiger partial charge < -0.3 is 9.64 Å². The molecular formula is C17H21N3OS. The summed E-state index contributed by atoms with van der Waals surface area (Å²) < 4.78 is 10.8. The molecule has 0 radical (unpaired) electrons. The van der Waals surface area contributed by atoms with E-state index in [2.05, 4.69) is 51.5 Å². The number of aromatic nitrogens is 2. The zero-order valence-electron chi connectivity index (χ0n) is 12.8. The fraction of sp³-hybridized carbons (Fsp3) is 0.529. The van der Waals surface area contributed by atoms with Crippen LogP contribution in [0.15, 0.2) is 30.3 Å². The first-order valence-electron chi connectivity index (χ1n) is 8.15. The van der Waals surface area contributed by atoms with Crippen LogP contribution in [0.1, 0.15) is 43.7 Å². The highest BCUT2D eigenvalue weighted by Crippen LogP contribution is 2.41. The second-order valence-corrected chi connectivity index (χ2v) is 6.79. The Hall–Kier alpha value is -1.46.